The molecule has 3 rings (SSSR count). The van der Waals surface area contributed by atoms with Gasteiger partial charge in [0.15, 0.2) is 6.61 Å². The van der Waals surface area contributed by atoms with E-state index in [1.165, 1.54) is 24.3 Å². The number of amides is 1. The Labute approximate surface area is 144 Å². The normalized spacial score (nSPS) is 10.1. The van der Waals surface area contributed by atoms with Crippen LogP contribution in [-0.2, 0) is 4.79 Å². The Hall–Kier alpha value is -3.41. The van der Waals surface area contributed by atoms with Gasteiger partial charge in [0.1, 0.15) is 23.1 Å². The molecule has 0 fully saturated rings. The second-order valence-corrected chi connectivity index (χ2v) is 5.11. The highest BCUT2D eigenvalue weighted by Crippen LogP contribution is 2.24. The Bertz CT molecular complexity index is 839. The fraction of sp³-hybridized carbons (Fsp3) is 0.0526. The first-order valence-electron chi connectivity index (χ1n) is 7.55. The average Bonchev–Trinajstić information content (AvgIpc) is 2.63. The topological polar surface area (TPSA) is 60.5 Å². The van der Waals surface area contributed by atoms with Gasteiger partial charge in [0.2, 0.25) is 0 Å². The molecule has 1 aromatic heterocycles. The first-order chi connectivity index (χ1) is 12.2. The molecule has 6 heteroatoms. The third-order valence-corrected chi connectivity index (χ3v) is 3.17. The van der Waals surface area contributed by atoms with E-state index in [9.17, 15) is 9.18 Å². The minimum Gasteiger partial charge on any atom is -0.484 e. The zero-order valence-electron chi connectivity index (χ0n) is 13.2. The van der Waals surface area contributed by atoms with E-state index in [1.54, 1.807) is 48.8 Å². The number of pyridine rings is 1. The Morgan fingerprint density at radius 1 is 1.00 bits per heavy atom. The lowest BCUT2D eigenvalue weighted by atomic mass is 10.3. The number of ether oxygens (including phenoxy) is 2. The van der Waals surface area contributed by atoms with Gasteiger partial charge < -0.3 is 14.8 Å². The van der Waals surface area contributed by atoms with E-state index in [4.69, 9.17) is 9.47 Å². The van der Waals surface area contributed by atoms with E-state index >= 15 is 0 Å². The molecule has 25 heavy (non-hydrogen) atoms. The Morgan fingerprint density at radius 2 is 1.76 bits per heavy atom. The van der Waals surface area contributed by atoms with Crippen LogP contribution in [0.25, 0.3) is 0 Å². The smallest absolute Gasteiger partial charge is 0.262 e. The molecule has 0 spiro atoms. The van der Waals surface area contributed by atoms with Gasteiger partial charge in [-0.3, -0.25) is 9.78 Å². The molecule has 3 aromatic rings. The first kappa shape index (κ1) is 16.4. The van der Waals surface area contributed by atoms with Gasteiger partial charge in [-0.1, -0.05) is 6.07 Å². The molecule has 0 unspecified atom stereocenters. The third kappa shape index (κ3) is 5.04. The van der Waals surface area contributed by atoms with Gasteiger partial charge in [-0.25, -0.2) is 4.39 Å². The van der Waals surface area contributed by atoms with E-state index in [0.29, 0.717) is 22.9 Å². The summed E-state index contributed by atoms with van der Waals surface area (Å²) in [6, 6.07) is 16.0. The Kier molecular flexibility index (Phi) is 5.21. The van der Waals surface area contributed by atoms with Crippen molar-refractivity contribution in [2.45, 2.75) is 0 Å². The van der Waals surface area contributed by atoms with Gasteiger partial charge in [0.05, 0.1) is 6.20 Å². The maximum absolute atomic E-state index is 12.8. The largest absolute Gasteiger partial charge is 0.484 e. The maximum atomic E-state index is 12.8. The minimum atomic E-state index is -0.361. The molecule has 0 saturated heterocycles. The Morgan fingerprint density at radius 3 is 2.52 bits per heavy atom. The van der Waals surface area contributed by atoms with Crippen LogP contribution < -0.4 is 14.8 Å². The molecule has 0 radical (unpaired) electrons. The van der Waals surface area contributed by atoms with Gasteiger partial charge in [-0.05, 0) is 48.5 Å². The third-order valence-electron chi connectivity index (χ3n) is 3.17. The zero-order chi connectivity index (χ0) is 17.5. The fourth-order valence-corrected chi connectivity index (χ4v) is 2.05. The number of carbonyl (C=O) groups is 1. The number of benzene rings is 2. The highest BCUT2D eigenvalue weighted by molar-refractivity contribution is 5.91. The van der Waals surface area contributed by atoms with Crippen molar-refractivity contribution in [3.63, 3.8) is 0 Å². The molecule has 0 bridgehead atoms. The number of hydrogen-bond donors (Lipinski definition) is 1. The molecule has 0 aliphatic heterocycles. The Balaban J connectivity index is 1.55. The molecule has 0 atom stereocenters. The fourth-order valence-electron chi connectivity index (χ4n) is 2.05. The number of aromatic nitrogens is 1. The van der Waals surface area contributed by atoms with E-state index in [0.717, 1.165) is 0 Å². The van der Waals surface area contributed by atoms with Gasteiger partial charge >= 0.3 is 0 Å². The molecule has 0 aliphatic rings. The highest BCUT2D eigenvalue weighted by Gasteiger charge is 2.05. The van der Waals surface area contributed by atoms with Gasteiger partial charge in [-0.2, -0.15) is 0 Å². The lowest BCUT2D eigenvalue weighted by Crippen LogP contribution is -2.20. The van der Waals surface area contributed by atoms with Crippen LogP contribution in [0, 0.1) is 5.82 Å². The van der Waals surface area contributed by atoms with Gasteiger partial charge in [0, 0.05) is 18.0 Å². The number of carbonyl (C=O) groups excluding carboxylic acids is 1. The summed E-state index contributed by atoms with van der Waals surface area (Å²) in [5.41, 5.74) is 0.503. The molecule has 2 aromatic carbocycles. The van der Waals surface area contributed by atoms with E-state index in [1.807, 2.05) is 0 Å². The highest BCUT2D eigenvalue weighted by atomic mass is 19.1. The summed E-state index contributed by atoms with van der Waals surface area (Å²) in [7, 11) is 0. The second-order valence-electron chi connectivity index (χ2n) is 5.11. The lowest BCUT2D eigenvalue weighted by molar-refractivity contribution is -0.118. The number of rotatable bonds is 6. The van der Waals surface area contributed by atoms with Gasteiger partial charge in [0.25, 0.3) is 5.91 Å². The van der Waals surface area contributed by atoms with Crippen molar-refractivity contribution in [2.24, 2.45) is 0 Å². The minimum absolute atomic E-state index is 0.173. The molecular weight excluding hydrogens is 323 g/mol. The molecule has 1 heterocycles. The van der Waals surface area contributed by atoms with E-state index in [2.05, 4.69) is 10.3 Å². The van der Waals surface area contributed by atoms with Crippen molar-refractivity contribution in [3.8, 4) is 17.2 Å². The summed E-state index contributed by atoms with van der Waals surface area (Å²) in [5.74, 6) is 0.971. The summed E-state index contributed by atoms with van der Waals surface area (Å²) < 4.78 is 23.9. The summed E-state index contributed by atoms with van der Waals surface area (Å²) in [4.78, 5) is 15.9. The number of hydrogen-bond acceptors (Lipinski definition) is 4. The van der Waals surface area contributed by atoms with Crippen LogP contribution >= 0.6 is 0 Å². The molecule has 5 nitrogen and oxygen atoms in total. The van der Waals surface area contributed by atoms with Crippen LogP contribution in [0.5, 0.6) is 17.2 Å². The van der Waals surface area contributed by atoms with E-state index < -0.39 is 0 Å². The summed E-state index contributed by atoms with van der Waals surface area (Å²) in [6.07, 6.45) is 3.26. The summed E-state index contributed by atoms with van der Waals surface area (Å²) in [6.45, 7) is -0.173. The van der Waals surface area contributed by atoms with Crippen molar-refractivity contribution >= 4 is 11.6 Å². The van der Waals surface area contributed by atoms with Crippen molar-refractivity contribution in [2.75, 3.05) is 11.9 Å². The number of halogens is 1. The molecule has 1 N–H and O–H groups in total. The van der Waals surface area contributed by atoms with E-state index in [-0.39, 0.29) is 18.3 Å². The standard InChI is InChI=1S/C19H15FN2O3/c20-14-6-8-15(9-7-14)22-19(23)13-24-16-3-1-4-17(11-16)25-18-5-2-10-21-12-18/h1-12H,13H2,(H,22,23). The number of nitrogens with one attached hydrogen (secondary N) is 1. The first-order valence-corrected chi connectivity index (χ1v) is 7.55. The van der Waals surface area contributed by atoms with Crippen LogP contribution in [0.4, 0.5) is 10.1 Å². The molecule has 1 amide bonds. The zero-order valence-corrected chi connectivity index (χ0v) is 13.2. The molecule has 0 saturated carbocycles. The predicted octanol–water partition coefficient (Wildman–Crippen LogP) is 4.03. The quantitative estimate of drug-likeness (QED) is 0.737. The predicted molar refractivity (Wildman–Crippen MR) is 91.3 cm³/mol. The van der Waals surface area contributed by atoms with Crippen LogP contribution in [0.2, 0.25) is 0 Å². The monoisotopic (exact) mass is 338 g/mol. The molecule has 126 valence electrons. The maximum Gasteiger partial charge on any atom is 0.262 e. The van der Waals surface area contributed by atoms with Crippen LogP contribution in [0.15, 0.2) is 73.1 Å². The van der Waals surface area contributed by atoms with Crippen molar-refractivity contribution in [1.82, 2.24) is 4.98 Å². The van der Waals surface area contributed by atoms with Crippen molar-refractivity contribution < 1.29 is 18.7 Å². The van der Waals surface area contributed by atoms with Crippen LogP contribution in [0.1, 0.15) is 0 Å². The lowest BCUT2D eigenvalue weighted by Gasteiger charge is -2.09. The van der Waals surface area contributed by atoms with Crippen molar-refractivity contribution in [1.29, 1.82) is 0 Å². The van der Waals surface area contributed by atoms with Crippen molar-refractivity contribution in [3.05, 3.63) is 78.9 Å². The van der Waals surface area contributed by atoms with Crippen LogP contribution in [-0.4, -0.2) is 17.5 Å². The summed E-state index contributed by atoms with van der Waals surface area (Å²) >= 11 is 0. The van der Waals surface area contributed by atoms with Gasteiger partial charge in [-0.15, -0.1) is 0 Å². The summed E-state index contributed by atoms with van der Waals surface area (Å²) in [5, 5.41) is 2.62. The second kappa shape index (κ2) is 7.92. The molecular formula is C19H15FN2O3. The number of nitrogens with zero attached hydrogens (tertiary/aromatic N) is 1. The number of anilines is 1. The average molecular weight is 338 g/mol. The molecule has 0 aliphatic carbocycles. The van der Waals surface area contributed by atoms with Crippen LogP contribution in [0.3, 0.4) is 0 Å². The SMILES string of the molecule is O=C(COc1cccc(Oc2cccnc2)c1)Nc1ccc(F)cc1.